The van der Waals surface area contributed by atoms with E-state index < -0.39 is 0 Å². The lowest BCUT2D eigenvalue weighted by Crippen LogP contribution is -2.25. The molecule has 178 valence electrons. The Kier molecular flexibility index (Phi) is 6.97. The molecule has 2 N–H and O–H groups in total. The Morgan fingerprint density at radius 3 is 2.60 bits per heavy atom. The van der Waals surface area contributed by atoms with Gasteiger partial charge in [-0.3, -0.25) is 4.90 Å². The van der Waals surface area contributed by atoms with Crippen LogP contribution in [0, 0.1) is 11.8 Å². The van der Waals surface area contributed by atoms with E-state index in [1.165, 1.54) is 31.5 Å². The Hall–Kier alpha value is -3.82. The second kappa shape index (κ2) is 10.6. The number of H-pyrrole nitrogens is 1. The van der Waals surface area contributed by atoms with E-state index in [4.69, 9.17) is 9.72 Å². The molecular formula is C29H31N5O. The van der Waals surface area contributed by atoms with Gasteiger partial charge in [0, 0.05) is 24.0 Å². The Labute approximate surface area is 206 Å². The number of aromatic amines is 1. The average Bonchev–Trinajstić information content (AvgIpc) is 3.56. The molecule has 0 amide bonds. The van der Waals surface area contributed by atoms with E-state index in [0.717, 1.165) is 34.6 Å². The molecule has 0 unspecified atom stereocenters. The summed E-state index contributed by atoms with van der Waals surface area (Å²) in [5, 5.41) is 4.22. The van der Waals surface area contributed by atoms with Gasteiger partial charge < -0.3 is 15.0 Å². The molecule has 6 nitrogen and oxygen atoms in total. The number of hydrogen-bond acceptors (Lipinski definition) is 5. The molecule has 0 radical (unpaired) electrons. The lowest BCUT2D eigenvalue weighted by molar-refractivity contribution is 0.238. The minimum Gasteiger partial charge on any atom is -0.492 e. The molecule has 0 atom stereocenters. The molecule has 0 spiro atoms. The number of likely N-dealkylation sites (tertiary alicyclic amines) is 1. The normalized spacial score (nSPS) is 13.7. The molecule has 35 heavy (non-hydrogen) atoms. The highest BCUT2D eigenvalue weighted by molar-refractivity contribution is 5.82. The Bertz CT molecular complexity index is 1340. The van der Waals surface area contributed by atoms with E-state index in [0.29, 0.717) is 24.2 Å². The standard InChI is InChI=1S/C29H31N5O/c1-21(2)25-8-4-3-7-22(25)9-14-27-26-15-16-30-28(26)33-29(32-27)31-23-10-12-24(13-11-23)35-20-19-34-17-5-6-18-34/h3-4,7-8,10-13,15-16,21H,5-6,17-20H2,1-2H3,(H2,30,31,32,33). The summed E-state index contributed by atoms with van der Waals surface area (Å²) >= 11 is 0. The van der Waals surface area contributed by atoms with Gasteiger partial charge in [-0.05, 0) is 79.7 Å². The first-order chi connectivity index (χ1) is 17.2. The molecule has 2 aromatic heterocycles. The quantitative estimate of drug-likeness (QED) is 0.343. The number of nitrogens with one attached hydrogen (secondary N) is 2. The summed E-state index contributed by atoms with van der Waals surface area (Å²) in [6, 6.07) is 18.2. The van der Waals surface area contributed by atoms with Crippen LogP contribution in [0.2, 0.25) is 0 Å². The minimum atomic E-state index is 0.405. The van der Waals surface area contributed by atoms with Gasteiger partial charge in [0.25, 0.3) is 0 Å². The lowest BCUT2D eigenvalue weighted by Gasteiger charge is -2.15. The maximum atomic E-state index is 5.92. The van der Waals surface area contributed by atoms with Crippen LogP contribution in [0.4, 0.5) is 11.6 Å². The molecule has 0 aliphatic carbocycles. The summed E-state index contributed by atoms with van der Waals surface area (Å²) in [4.78, 5) is 15.0. The number of benzene rings is 2. The summed E-state index contributed by atoms with van der Waals surface area (Å²) in [6.45, 7) is 8.43. The fourth-order valence-electron chi connectivity index (χ4n) is 4.40. The number of anilines is 2. The highest BCUT2D eigenvalue weighted by atomic mass is 16.5. The van der Waals surface area contributed by atoms with Crippen molar-refractivity contribution >= 4 is 22.7 Å². The Morgan fingerprint density at radius 2 is 1.80 bits per heavy atom. The van der Waals surface area contributed by atoms with Gasteiger partial charge in [0.2, 0.25) is 5.95 Å². The second-order valence-corrected chi connectivity index (χ2v) is 9.17. The fraction of sp³-hybridized carbons (Fsp3) is 0.310. The van der Waals surface area contributed by atoms with Gasteiger partial charge in [-0.1, -0.05) is 38.0 Å². The number of aromatic nitrogens is 3. The first-order valence-electron chi connectivity index (χ1n) is 12.3. The molecular weight excluding hydrogens is 434 g/mol. The molecule has 0 saturated carbocycles. The molecule has 1 aliphatic heterocycles. The third-order valence-electron chi connectivity index (χ3n) is 6.30. The van der Waals surface area contributed by atoms with Crippen molar-refractivity contribution < 1.29 is 4.74 Å². The van der Waals surface area contributed by atoms with Crippen molar-refractivity contribution in [3.63, 3.8) is 0 Å². The zero-order valence-corrected chi connectivity index (χ0v) is 20.3. The van der Waals surface area contributed by atoms with Crippen molar-refractivity contribution in [1.82, 2.24) is 19.9 Å². The average molecular weight is 466 g/mol. The highest BCUT2D eigenvalue weighted by Gasteiger charge is 2.11. The number of ether oxygens (including phenoxy) is 1. The third-order valence-corrected chi connectivity index (χ3v) is 6.30. The lowest BCUT2D eigenvalue weighted by atomic mass is 9.97. The first kappa shape index (κ1) is 22.9. The number of fused-ring (bicyclic) bond motifs is 1. The van der Waals surface area contributed by atoms with E-state index in [9.17, 15) is 0 Å². The summed E-state index contributed by atoms with van der Waals surface area (Å²) < 4.78 is 5.92. The molecule has 6 heteroatoms. The van der Waals surface area contributed by atoms with Gasteiger partial charge in [0.05, 0.1) is 5.39 Å². The third kappa shape index (κ3) is 5.64. The van der Waals surface area contributed by atoms with Crippen molar-refractivity contribution in [2.45, 2.75) is 32.6 Å². The molecule has 0 bridgehead atoms. The van der Waals surface area contributed by atoms with E-state index in [1.807, 2.05) is 42.6 Å². The van der Waals surface area contributed by atoms with E-state index >= 15 is 0 Å². The predicted molar refractivity (Wildman–Crippen MR) is 141 cm³/mol. The second-order valence-electron chi connectivity index (χ2n) is 9.17. The van der Waals surface area contributed by atoms with Crippen molar-refractivity contribution in [2.24, 2.45) is 0 Å². The van der Waals surface area contributed by atoms with Gasteiger partial charge >= 0.3 is 0 Å². The maximum Gasteiger partial charge on any atom is 0.230 e. The predicted octanol–water partition coefficient (Wildman–Crippen LogP) is 5.70. The van der Waals surface area contributed by atoms with Crippen LogP contribution in [-0.4, -0.2) is 46.1 Å². The van der Waals surface area contributed by atoms with Crippen molar-refractivity contribution in [2.75, 3.05) is 31.6 Å². The zero-order valence-electron chi connectivity index (χ0n) is 20.3. The van der Waals surface area contributed by atoms with Crippen molar-refractivity contribution in [1.29, 1.82) is 0 Å². The number of nitrogens with zero attached hydrogens (tertiary/aromatic N) is 3. The van der Waals surface area contributed by atoms with Crippen LogP contribution >= 0.6 is 0 Å². The van der Waals surface area contributed by atoms with Gasteiger partial charge in [-0.25, -0.2) is 4.98 Å². The van der Waals surface area contributed by atoms with Crippen LogP contribution in [-0.2, 0) is 0 Å². The summed E-state index contributed by atoms with van der Waals surface area (Å²) in [6.07, 6.45) is 4.47. The van der Waals surface area contributed by atoms with Crippen molar-refractivity contribution in [3.05, 3.63) is 77.6 Å². The first-order valence-corrected chi connectivity index (χ1v) is 12.3. The molecule has 1 saturated heterocycles. The van der Waals surface area contributed by atoms with Crippen LogP contribution < -0.4 is 10.1 Å². The molecule has 3 heterocycles. The SMILES string of the molecule is CC(C)c1ccccc1C#Cc1nc(Nc2ccc(OCCN3CCCC3)cc2)nc2[nH]ccc12. The largest absolute Gasteiger partial charge is 0.492 e. The Balaban J connectivity index is 1.31. The molecule has 5 rings (SSSR count). The summed E-state index contributed by atoms with van der Waals surface area (Å²) in [5.74, 6) is 8.39. The highest BCUT2D eigenvalue weighted by Crippen LogP contribution is 2.22. The van der Waals surface area contributed by atoms with Gasteiger partial charge in [-0.15, -0.1) is 0 Å². The molecule has 2 aromatic carbocycles. The van der Waals surface area contributed by atoms with E-state index in [-0.39, 0.29) is 0 Å². The minimum absolute atomic E-state index is 0.405. The van der Waals surface area contributed by atoms with E-state index in [1.54, 1.807) is 0 Å². The topological polar surface area (TPSA) is 66.1 Å². The number of rotatable bonds is 7. The van der Waals surface area contributed by atoms with Gasteiger partial charge in [-0.2, -0.15) is 4.98 Å². The van der Waals surface area contributed by atoms with Crippen molar-refractivity contribution in [3.8, 4) is 17.6 Å². The van der Waals surface area contributed by atoms with Crippen LogP contribution in [0.5, 0.6) is 5.75 Å². The number of hydrogen-bond donors (Lipinski definition) is 2. The zero-order chi connectivity index (χ0) is 24.0. The summed E-state index contributed by atoms with van der Waals surface area (Å²) in [7, 11) is 0. The summed E-state index contributed by atoms with van der Waals surface area (Å²) in [5.41, 5.74) is 4.61. The van der Waals surface area contributed by atoms with Crippen LogP contribution in [0.15, 0.2) is 60.8 Å². The van der Waals surface area contributed by atoms with E-state index in [2.05, 4.69) is 64.1 Å². The molecule has 1 fully saturated rings. The van der Waals surface area contributed by atoms with Gasteiger partial charge in [0.15, 0.2) is 0 Å². The smallest absolute Gasteiger partial charge is 0.230 e. The van der Waals surface area contributed by atoms with Crippen LogP contribution in [0.1, 0.15) is 49.4 Å². The fourth-order valence-corrected chi connectivity index (χ4v) is 4.40. The van der Waals surface area contributed by atoms with Crippen LogP contribution in [0.3, 0.4) is 0 Å². The monoisotopic (exact) mass is 465 g/mol. The van der Waals surface area contributed by atoms with Crippen LogP contribution in [0.25, 0.3) is 11.0 Å². The molecule has 1 aliphatic rings. The van der Waals surface area contributed by atoms with Gasteiger partial charge in [0.1, 0.15) is 23.7 Å². The molecule has 4 aromatic rings. The maximum absolute atomic E-state index is 5.92. The Morgan fingerprint density at radius 1 is 1.00 bits per heavy atom.